The van der Waals surface area contributed by atoms with Gasteiger partial charge in [-0.25, -0.2) is 4.79 Å². The van der Waals surface area contributed by atoms with Crippen molar-refractivity contribution in [1.82, 2.24) is 0 Å². The molecule has 88 valence electrons. The van der Waals surface area contributed by atoms with Crippen LogP contribution in [0, 0.1) is 0 Å². The lowest BCUT2D eigenvalue weighted by Gasteiger charge is -2.02. The van der Waals surface area contributed by atoms with Crippen LogP contribution in [0.4, 0.5) is 5.69 Å². The number of azide groups is 1. The number of benzene rings is 1. The molecule has 0 spiro atoms. The molecule has 0 radical (unpaired) electrons. The van der Waals surface area contributed by atoms with E-state index in [9.17, 15) is 4.79 Å². The van der Waals surface area contributed by atoms with Crippen LogP contribution in [-0.4, -0.2) is 12.6 Å². The highest BCUT2D eigenvalue weighted by molar-refractivity contribution is 5.81. The molecule has 0 atom stereocenters. The van der Waals surface area contributed by atoms with Crippen molar-refractivity contribution >= 4 is 11.7 Å². The highest BCUT2D eigenvalue weighted by Gasteiger charge is 1.99. The maximum Gasteiger partial charge on any atom is 0.333 e. The van der Waals surface area contributed by atoms with Crippen molar-refractivity contribution in [3.05, 3.63) is 47.0 Å². The third-order valence-electron chi connectivity index (χ3n) is 1.70. The average Bonchev–Trinajstić information content (AvgIpc) is 2.32. The molecule has 0 saturated carbocycles. The molecule has 0 amide bonds. The summed E-state index contributed by atoms with van der Waals surface area (Å²) in [6.45, 7) is 2.02. The Morgan fingerprint density at radius 1 is 1.53 bits per heavy atom. The second kappa shape index (κ2) is 6.92. The molecule has 0 aliphatic carbocycles. The summed E-state index contributed by atoms with van der Waals surface area (Å²) in [6.07, 6.45) is 2.33. The van der Waals surface area contributed by atoms with E-state index in [2.05, 4.69) is 14.8 Å². The molecule has 0 aliphatic heterocycles. The van der Waals surface area contributed by atoms with Crippen molar-refractivity contribution < 1.29 is 14.3 Å². The number of hydrogen-bond donors (Lipinski definition) is 0. The van der Waals surface area contributed by atoms with Gasteiger partial charge in [0.05, 0.1) is 24.6 Å². The Morgan fingerprint density at radius 2 is 2.29 bits per heavy atom. The summed E-state index contributed by atoms with van der Waals surface area (Å²) in [5, 5.41) is 3.45. The van der Waals surface area contributed by atoms with Crippen molar-refractivity contribution in [3.8, 4) is 5.75 Å². The molecule has 0 aromatic heterocycles. The molecule has 6 heteroatoms. The predicted octanol–water partition coefficient (Wildman–Crippen LogP) is 3.08. The Hall–Kier alpha value is -2.46. The highest BCUT2D eigenvalue weighted by Crippen LogP contribution is 2.26. The Labute approximate surface area is 98.1 Å². The monoisotopic (exact) mass is 233 g/mol. The summed E-state index contributed by atoms with van der Waals surface area (Å²) < 4.78 is 9.83. The zero-order valence-electron chi connectivity index (χ0n) is 9.24. The van der Waals surface area contributed by atoms with E-state index in [1.54, 1.807) is 31.2 Å². The third kappa shape index (κ3) is 4.27. The molecule has 1 rings (SSSR count). The van der Waals surface area contributed by atoms with Crippen molar-refractivity contribution in [2.45, 2.75) is 6.92 Å². The maximum atomic E-state index is 11.0. The van der Waals surface area contributed by atoms with Gasteiger partial charge in [-0.1, -0.05) is 17.2 Å². The van der Waals surface area contributed by atoms with E-state index in [1.807, 2.05) is 0 Å². The van der Waals surface area contributed by atoms with Crippen LogP contribution in [0.3, 0.4) is 0 Å². The minimum absolute atomic E-state index is 0.304. The number of esters is 1. The second-order valence-electron chi connectivity index (χ2n) is 2.83. The number of nitrogens with zero attached hydrogens (tertiary/aromatic N) is 3. The number of carbonyl (C=O) groups is 1. The van der Waals surface area contributed by atoms with Crippen LogP contribution < -0.4 is 4.74 Å². The predicted molar refractivity (Wildman–Crippen MR) is 61.6 cm³/mol. The number of carbonyl (C=O) groups excluding carboxylic acids is 1. The Balaban J connectivity index is 2.69. The van der Waals surface area contributed by atoms with Crippen LogP contribution in [0.15, 0.2) is 41.7 Å². The van der Waals surface area contributed by atoms with Crippen LogP contribution in [0.2, 0.25) is 0 Å². The molecule has 0 saturated heterocycles. The Morgan fingerprint density at radius 3 is 3.00 bits per heavy atom. The van der Waals surface area contributed by atoms with Gasteiger partial charge < -0.3 is 9.47 Å². The summed E-state index contributed by atoms with van der Waals surface area (Å²) in [5.41, 5.74) is 8.69. The molecule has 1 aromatic carbocycles. The Kier molecular flexibility index (Phi) is 5.13. The minimum Gasteiger partial charge on any atom is -0.464 e. The molecule has 0 aliphatic rings. The average molecular weight is 233 g/mol. The molecule has 1 aromatic rings. The van der Waals surface area contributed by atoms with Gasteiger partial charge in [0.15, 0.2) is 0 Å². The highest BCUT2D eigenvalue weighted by atomic mass is 16.5. The van der Waals surface area contributed by atoms with E-state index in [1.165, 1.54) is 6.26 Å². The van der Waals surface area contributed by atoms with Gasteiger partial charge >= 0.3 is 5.97 Å². The third-order valence-corrected chi connectivity index (χ3v) is 1.70. The Bertz CT molecular complexity index is 465. The first-order chi connectivity index (χ1) is 8.27. The fraction of sp³-hybridized carbons (Fsp3) is 0.182. The quantitative estimate of drug-likeness (QED) is 0.195. The van der Waals surface area contributed by atoms with Gasteiger partial charge in [0, 0.05) is 4.91 Å². The molecule has 0 fully saturated rings. The second-order valence-corrected chi connectivity index (χ2v) is 2.83. The summed E-state index contributed by atoms with van der Waals surface area (Å²) >= 11 is 0. The first-order valence-electron chi connectivity index (χ1n) is 4.92. The zero-order valence-corrected chi connectivity index (χ0v) is 9.24. The van der Waals surface area contributed by atoms with Gasteiger partial charge in [-0.15, -0.1) is 0 Å². The van der Waals surface area contributed by atoms with Crippen LogP contribution >= 0.6 is 0 Å². The van der Waals surface area contributed by atoms with Crippen molar-refractivity contribution in [2.24, 2.45) is 5.11 Å². The van der Waals surface area contributed by atoms with Gasteiger partial charge in [0.25, 0.3) is 0 Å². The van der Waals surface area contributed by atoms with Gasteiger partial charge in [0.1, 0.15) is 5.75 Å². The number of rotatable bonds is 5. The van der Waals surface area contributed by atoms with Gasteiger partial charge in [-0.3, -0.25) is 0 Å². The van der Waals surface area contributed by atoms with Gasteiger partial charge in [-0.05, 0) is 24.6 Å². The molecular weight excluding hydrogens is 222 g/mol. The lowest BCUT2D eigenvalue weighted by molar-refractivity contribution is -0.137. The summed E-state index contributed by atoms with van der Waals surface area (Å²) in [7, 11) is 0. The molecule has 0 heterocycles. The van der Waals surface area contributed by atoms with E-state index in [0.29, 0.717) is 18.0 Å². The van der Waals surface area contributed by atoms with E-state index in [-0.39, 0.29) is 0 Å². The molecule has 0 bridgehead atoms. The zero-order chi connectivity index (χ0) is 12.5. The first kappa shape index (κ1) is 12.6. The fourth-order valence-corrected chi connectivity index (χ4v) is 1.04. The summed E-state index contributed by atoms with van der Waals surface area (Å²) in [6, 6.07) is 6.67. The van der Waals surface area contributed by atoms with Gasteiger partial charge in [-0.2, -0.15) is 0 Å². The molecule has 17 heavy (non-hydrogen) atoms. The maximum absolute atomic E-state index is 11.0. The van der Waals surface area contributed by atoms with Crippen LogP contribution in [0.25, 0.3) is 10.4 Å². The fourth-order valence-electron chi connectivity index (χ4n) is 1.04. The smallest absolute Gasteiger partial charge is 0.333 e. The van der Waals surface area contributed by atoms with Crippen LogP contribution in [0.5, 0.6) is 5.75 Å². The van der Waals surface area contributed by atoms with E-state index >= 15 is 0 Å². The van der Waals surface area contributed by atoms with Crippen molar-refractivity contribution in [3.63, 3.8) is 0 Å². The number of hydrogen-bond acceptors (Lipinski definition) is 4. The first-order valence-corrected chi connectivity index (χ1v) is 4.92. The summed E-state index contributed by atoms with van der Waals surface area (Å²) in [5.74, 6) is -0.125. The minimum atomic E-state index is -0.492. The van der Waals surface area contributed by atoms with Crippen molar-refractivity contribution in [2.75, 3.05) is 6.61 Å². The number of para-hydroxylation sites is 1. The van der Waals surface area contributed by atoms with E-state index in [0.717, 1.165) is 6.08 Å². The molecule has 0 unspecified atom stereocenters. The molecular formula is C11H11N3O3. The lowest BCUT2D eigenvalue weighted by atomic mass is 10.3. The van der Waals surface area contributed by atoms with Gasteiger partial charge in [0.2, 0.25) is 0 Å². The largest absolute Gasteiger partial charge is 0.464 e. The topological polar surface area (TPSA) is 84.3 Å². The number of ether oxygens (including phenoxy) is 2. The molecule has 0 N–H and O–H groups in total. The standard InChI is InChI=1S/C11H11N3O3/c1-2-16-11(15)7-8-17-10-6-4-3-5-9(10)13-14-12/h3-8H,2H2,1H3/b8-7+. The van der Waals surface area contributed by atoms with E-state index < -0.39 is 5.97 Å². The van der Waals surface area contributed by atoms with Crippen LogP contribution in [0.1, 0.15) is 6.92 Å². The summed E-state index contributed by atoms with van der Waals surface area (Å²) in [4.78, 5) is 13.6. The van der Waals surface area contributed by atoms with Crippen LogP contribution in [-0.2, 0) is 9.53 Å². The SMILES string of the molecule is CCOC(=O)/C=C/Oc1ccccc1N=[N+]=[N-]. The molecule has 6 nitrogen and oxygen atoms in total. The normalized spacial score (nSPS) is 9.71. The van der Waals surface area contributed by atoms with Crippen molar-refractivity contribution in [1.29, 1.82) is 0 Å². The lowest BCUT2D eigenvalue weighted by Crippen LogP contribution is -1.99. The van der Waals surface area contributed by atoms with E-state index in [4.69, 9.17) is 10.3 Å².